The highest BCUT2D eigenvalue weighted by atomic mass is 32.1. The lowest BCUT2D eigenvalue weighted by Gasteiger charge is -2.39. The molecule has 1 atom stereocenters. The van der Waals surface area contributed by atoms with Gasteiger partial charge in [0, 0.05) is 37.3 Å². The largest absolute Gasteiger partial charge is 0.387 e. The van der Waals surface area contributed by atoms with E-state index < -0.39 is 5.60 Å². The standard InChI is InChI=1S/C22H29N5OS/c28-22(16-27-17-24-19-7-2-3-8-20(19)27)9-6-10-25(15-22)14-18-13-23-21(29-18)26-11-4-1-5-12-26/h2-3,7-8,13,17,28H,1,4-6,9-12,14-16H2. The van der Waals surface area contributed by atoms with Crippen LogP contribution in [0.25, 0.3) is 11.0 Å². The predicted molar refractivity (Wildman–Crippen MR) is 117 cm³/mol. The van der Waals surface area contributed by atoms with E-state index in [0.717, 1.165) is 55.2 Å². The van der Waals surface area contributed by atoms with Crippen molar-refractivity contribution in [2.45, 2.75) is 50.8 Å². The van der Waals surface area contributed by atoms with Crippen molar-refractivity contribution < 1.29 is 5.11 Å². The average molecular weight is 412 g/mol. The van der Waals surface area contributed by atoms with E-state index in [0.29, 0.717) is 13.1 Å². The van der Waals surface area contributed by atoms with Crippen molar-refractivity contribution >= 4 is 27.5 Å². The number of likely N-dealkylation sites (tertiary alicyclic amines) is 1. The monoisotopic (exact) mass is 411 g/mol. The Labute approximate surface area is 175 Å². The van der Waals surface area contributed by atoms with Gasteiger partial charge in [-0.1, -0.05) is 12.1 Å². The van der Waals surface area contributed by atoms with Gasteiger partial charge in [0.25, 0.3) is 0 Å². The summed E-state index contributed by atoms with van der Waals surface area (Å²) in [5.41, 5.74) is 1.35. The quantitative estimate of drug-likeness (QED) is 0.696. The fourth-order valence-corrected chi connectivity index (χ4v) is 5.75. The van der Waals surface area contributed by atoms with Gasteiger partial charge in [0.15, 0.2) is 5.13 Å². The number of fused-ring (bicyclic) bond motifs is 1. The number of rotatable bonds is 5. The zero-order chi connectivity index (χ0) is 19.7. The van der Waals surface area contributed by atoms with Crippen LogP contribution < -0.4 is 4.90 Å². The summed E-state index contributed by atoms with van der Waals surface area (Å²) in [6, 6.07) is 8.13. The van der Waals surface area contributed by atoms with Crippen LogP contribution in [-0.2, 0) is 13.1 Å². The van der Waals surface area contributed by atoms with Crippen LogP contribution in [0.15, 0.2) is 36.8 Å². The number of piperidine rings is 2. The molecule has 1 aromatic carbocycles. The van der Waals surface area contributed by atoms with Crippen LogP contribution in [0.4, 0.5) is 5.13 Å². The molecular weight excluding hydrogens is 382 g/mol. The third-order valence-corrected chi connectivity index (χ3v) is 7.22. The molecule has 0 radical (unpaired) electrons. The van der Waals surface area contributed by atoms with E-state index in [2.05, 4.69) is 30.4 Å². The Hall–Kier alpha value is -1.96. The van der Waals surface area contributed by atoms with Crippen molar-refractivity contribution in [2.24, 2.45) is 0 Å². The number of aromatic nitrogens is 3. The Balaban J connectivity index is 1.25. The molecule has 2 aliphatic heterocycles. The Morgan fingerprint density at radius 3 is 2.79 bits per heavy atom. The summed E-state index contributed by atoms with van der Waals surface area (Å²) in [5.74, 6) is 0. The van der Waals surface area contributed by atoms with Gasteiger partial charge in [0.2, 0.25) is 0 Å². The summed E-state index contributed by atoms with van der Waals surface area (Å²) >= 11 is 1.82. The Morgan fingerprint density at radius 1 is 1.03 bits per heavy atom. The van der Waals surface area contributed by atoms with Gasteiger partial charge in [0.05, 0.1) is 29.5 Å². The summed E-state index contributed by atoms with van der Waals surface area (Å²) in [5, 5.41) is 12.5. The van der Waals surface area contributed by atoms with E-state index in [1.54, 1.807) is 0 Å². The third kappa shape index (κ3) is 4.17. The van der Waals surface area contributed by atoms with Crippen molar-refractivity contribution in [1.82, 2.24) is 19.4 Å². The summed E-state index contributed by atoms with van der Waals surface area (Å²) in [6.45, 7) is 5.45. The van der Waals surface area contributed by atoms with E-state index in [4.69, 9.17) is 0 Å². The van der Waals surface area contributed by atoms with Gasteiger partial charge < -0.3 is 14.6 Å². The summed E-state index contributed by atoms with van der Waals surface area (Å²) in [6.07, 6.45) is 9.63. The molecule has 2 aromatic heterocycles. The number of imidazole rings is 1. The molecule has 7 heteroatoms. The van der Waals surface area contributed by atoms with Crippen LogP contribution in [0, 0.1) is 0 Å². The molecule has 3 aromatic rings. The number of aliphatic hydroxyl groups is 1. The van der Waals surface area contributed by atoms with Crippen molar-refractivity contribution in [3.05, 3.63) is 41.7 Å². The Kier molecular flexibility index (Phi) is 5.28. The number of para-hydroxylation sites is 2. The van der Waals surface area contributed by atoms with Gasteiger partial charge in [-0.2, -0.15) is 0 Å². The molecule has 6 nitrogen and oxygen atoms in total. The molecule has 4 heterocycles. The zero-order valence-electron chi connectivity index (χ0n) is 16.8. The molecule has 2 saturated heterocycles. The maximum absolute atomic E-state index is 11.3. The second kappa shape index (κ2) is 8.05. The van der Waals surface area contributed by atoms with E-state index in [1.165, 1.54) is 24.1 Å². The van der Waals surface area contributed by atoms with Crippen molar-refractivity contribution in [1.29, 1.82) is 0 Å². The number of nitrogens with zero attached hydrogens (tertiary/aromatic N) is 5. The molecule has 0 spiro atoms. The minimum atomic E-state index is -0.720. The molecule has 5 rings (SSSR count). The van der Waals surface area contributed by atoms with Gasteiger partial charge in [-0.3, -0.25) is 4.90 Å². The Bertz CT molecular complexity index is 963. The summed E-state index contributed by atoms with van der Waals surface area (Å²) < 4.78 is 2.10. The SMILES string of the molecule is OC1(Cn2cnc3ccccc32)CCCN(Cc2cnc(N3CCCCC3)s2)C1. The second-order valence-electron chi connectivity index (χ2n) is 8.56. The van der Waals surface area contributed by atoms with Crippen LogP contribution in [0.5, 0.6) is 0 Å². The number of β-amino-alcohol motifs (C(OH)–C–C–N with tert-alkyl or cyclic N) is 1. The average Bonchev–Trinajstić information content (AvgIpc) is 3.36. The highest BCUT2D eigenvalue weighted by Gasteiger charge is 2.34. The first-order chi connectivity index (χ1) is 14.2. The summed E-state index contributed by atoms with van der Waals surface area (Å²) in [4.78, 5) is 15.3. The van der Waals surface area contributed by atoms with E-state index in [9.17, 15) is 5.11 Å². The maximum Gasteiger partial charge on any atom is 0.185 e. The first-order valence-corrected chi connectivity index (χ1v) is 11.5. The van der Waals surface area contributed by atoms with Crippen molar-refractivity contribution in [3.8, 4) is 0 Å². The van der Waals surface area contributed by atoms with E-state index in [1.807, 2.05) is 42.1 Å². The second-order valence-corrected chi connectivity index (χ2v) is 9.65. The van der Waals surface area contributed by atoms with Crippen LogP contribution in [0.3, 0.4) is 0 Å². The lowest BCUT2D eigenvalue weighted by molar-refractivity contribution is -0.0444. The van der Waals surface area contributed by atoms with Crippen molar-refractivity contribution in [3.63, 3.8) is 0 Å². The van der Waals surface area contributed by atoms with Crippen LogP contribution in [-0.4, -0.2) is 56.3 Å². The van der Waals surface area contributed by atoms with Gasteiger partial charge in [-0.05, 0) is 50.8 Å². The zero-order valence-corrected chi connectivity index (χ0v) is 17.7. The number of hydrogen-bond acceptors (Lipinski definition) is 6. The van der Waals surface area contributed by atoms with Gasteiger partial charge in [-0.15, -0.1) is 11.3 Å². The number of anilines is 1. The molecule has 0 bridgehead atoms. The fourth-order valence-electron chi connectivity index (χ4n) is 4.75. The van der Waals surface area contributed by atoms with Crippen LogP contribution >= 0.6 is 11.3 Å². The Morgan fingerprint density at radius 2 is 1.90 bits per heavy atom. The molecule has 0 aliphatic carbocycles. The molecule has 1 unspecified atom stereocenters. The molecule has 2 aliphatic rings. The lowest BCUT2D eigenvalue weighted by atomic mass is 9.92. The predicted octanol–water partition coefficient (Wildman–Crippen LogP) is 3.51. The molecular formula is C22H29N5OS. The summed E-state index contributed by atoms with van der Waals surface area (Å²) in [7, 11) is 0. The molecule has 2 fully saturated rings. The topological polar surface area (TPSA) is 57.4 Å². The number of thiazole rings is 1. The first kappa shape index (κ1) is 19.0. The minimum Gasteiger partial charge on any atom is -0.387 e. The molecule has 29 heavy (non-hydrogen) atoms. The maximum atomic E-state index is 11.3. The number of benzene rings is 1. The molecule has 0 amide bonds. The van der Waals surface area contributed by atoms with Crippen molar-refractivity contribution in [2.75, 3.05) is 31.1 Å². The van der Waals surface area contributed by atoms with E-state index in [-0.39, 0.29) is 0 Å². The van der Waals surface area contributed by atoms with Gasteiger partial charge in [0.1, 0.15) is 0 Å². The highest BCUT2D eigenvalue weighted by molar-refractivity contribution is 7.15. The minimum absolute atomic E-state index is 0.589. The molecule has 154 valence electrons. The fraction of sp³-hybridized carbons (Fsp3) is 0.545. The first-order valence-electron chi connectivity index (χ1n) is 10.7. The van der Waals surface area contributed by atoms with Gasteiger partial charge in [-0.25, -0.2) is 9.97 Å². The van der Waals surface area contributed by atoms with Crippen LogP contribution in [0.1, 0.15) is 37.0 Å². The highest BCUT2D eigenvalue weighted by Crippen LogP contribution is 2.29. The third-order valence-electron chi connectivity index (χ3n) is 6.17. The van der Waals surface area contributed by atoms with E-state index >= 15 is 0 Å². The van der Waals surface area contributed by atoms with Crippen LogP contribution in [0.2, 0.25) is 0 Å². The molecule has 1 N–H and O–H groups in total. The number of hydrogen-bond donors (Lipinski definition) is 1. The molecule has 0 saturated carbocycles. The normalized spacial score (nSPS) is 23.7. The smallest absolute Gasteiger partial charge is 0.185 e. The van der Waals surface area contributed by atoms with Gasteiger partial charge >= 0.3 is 0 Å². The lowest BCUT2D eigenvalue weighted by Crippen LogP contribution is -2.50.